The fourth-order valence-electron chi connectivity index (χ4n) is 1.69. The van der Waals surface area contributed by atoms with Gasteiger partial charge < -0.3 is 5.73 Å². The standard InChI is InChI=1S/C12H26INS/c13-12(15)10-8-6-4-2-1-3-5-7-9-11-14/h12,15H,1-11,14H2. The van der Waals surface area contributed by atoms with Gasteiger partial charge in [0.2, 0.25) is 0 Å². The molecule has 0 saturated heterocycles. The number of hydrogen-bond donors (Lipinski definition) is 2. The van der Waals surface area contributed by atoms with Gasteiger partial charge in [0, 0.05) is 0 Å². The van der Waals surface area contributed by atoms with Crippen LogP contribution in [0.15, 0.2) is 0 Å². The lowest BCUT2D eigenvalue weighted by Gasteiger charge is -2.03. The van der Waals surface area contributed by atoms with Gasteiger partial charge in [-0.15, -0.1) is 0 Å². The van der Waals surface area contributed by atoms with Crippen LogP contribution in [0, 0.1) is 0 Å². The molecule has 0 rings (SSSR count). The van der Waals surface area contributed by atoms with E-state index in [9.17, 15) is 0 Å². The smallest absolute Gasteiger partial charge is 0.0534 e. The maximum absolute atomic E-state index is 5.44. The number of alkyl halides is 1. The van der Waals surface area contributed by atoms with Crippen LogP contribution in [-0.2, 0) is 0 Å². The van der Waals surface area contributed by atoms with Crippen LogP contribution in [0.2, 0.25) is 0 Å². The molecule has 0 aromatic rings. The van der Waals surface area contributed by atoms with Gasteiger partial charge in [0.15, 0.2) is 0 Å². The Balaban J connectivity index is 2.87. The van der Waals surface area contributed by atoms with Crippen LogP contribution in [0.1, 0.15) is 64.2 Å². The minimum atomic E-state index is 0.555. The lowest BCUT2D eigenvalue weighted by atomic mass is 10.1. The van der Waals surface area contributed by atoms with Gasteiger partial charge in [-0.25, -0.2) is 0 Å². The van der Waals surface area contributed by atoms with Crippen LogP contribution in [0.25, 0.3) is 0 Å². The van der Waals surface area contributed by atoms with Crippen molar-refractivity contribution < 1.29 is 0 Å². The minimum absolute atomic E-state index is 0.555. The van der Waals surface area contributed by atoms with Gasteiger partial charge in [-0.05, 0) is 19.4 Å². The maximum Gasteiger partial charge on any atom is 0.0534 e. The van der Waals surface area contributed by atoms with Gasteiger partial charge in [-0.1, -0.05) is 74.0 Å². The summed E-state index contributed by atoms with van der Waals surface area (Å²) in [6, 6.07) is 0. The highest BCUT2D eigenvalue weighted by Gasteiger charge is 1.96. The second-order valence-corrected chi connectivity index (χ2v) is 7.31. The topological polar surface area (TPSA) is 26.0 Å². The third-order valence-electron chi connectivity index (χ3n) is 2.65. The van der Waals surface area contributed by atoms with E-state index in [0.29, 0.717) is 3.26 Å². The van der Waals surface area contributed by atoms with Crippen molar-refractivity contribution in [2.75, 3.05) is 6.54 Å². The van der Waals surface area contributed by atoms with Gasteiger partial charge in [-0.2, -0.15) is 12.6 Å². The van der Waals surface area contributed by atoms with E-state index in [0.717, 1.165) is 6.54 Å². The lowest BCUT2D eigenvalue weighted by molar-refractivity contribution is 0.558. The minimum Gasteiger partial charge on any atom is -0.330 e. The van der Waals surface area contributed by atoms with Crippen molar-refractivity contribution in [3.8, 4) is 0 Å². The van der Waals surface area contributed by atoms with Crippen LogP contribution < -0.4 is 5.73 Å². The SMILES string of the molecule is NCCCCCCCCCCCC(S)I. The molecule has 0 saturated carbocycles. The first-order valence-corrected chi connectivity index (χ1v) is 8.05. The number of nitrogens with two attached hydrogens (primary N) is 1. The molecule has 2 N–H and O–H groups in total. The molecule has 0 aliphatic heterocycles. The summed E-state index contributed by atoms with van der Waals surface area (Å²) in [6.07, 6.45) is 13.6. The fraction of sp³-hybridized carbons (Fsp3) is 1.00. The molecule has 1 unspecified atom stereocenters. The Labute approximate surface area is 115 Å². The molecule has 92 valence electrons. The molecule has 0 amide bonds. The number of unbranched alkanes of at least 4 members (excludes halogenated alkanes) is 8. The van der Waals surface area contributed by atoms with Crippen LogP contribution in [0.4, 0.5) is 0 Å². The van der Waals surface area contributed by atoms with Crippen LogP contribution in [-0.4, -0.2) is 9.80 Å². The Kier molecular flexibility index (Phi) is 14.0. The molecule has 15 heavy (non-hydrogen) atoms. The number of halogens is 1. The van der Waals surface area contributed by atoms with Crippen molar-refractivity contribution in [1.29, 1.82) is 0 Å². The molecule has 0 aromatic heterocycles. The third-order valence-corrected chi connectivity index (χ3v) is 3.53. The summed E-state index contributed by atoms with van der Waals surface area (Å²) in [5.41, 5.74) is 5.44. The van der Waals surface area contributed by atoms with Gasteiger partial charge in [0.05, 0.1) is 3.26 Å². The Morgan fingerprint density at radius 1 is 0.800 bits per heavy atom. The van der Waals surface area contributed by atoms with E-state index in [2.05, 4.69) is 35.2 Å². The molecule has 0 bridgehead atoms. The molecule has 0 aliphatic carbocycles. The van der Waals surface area contributed by atoms with Crippen molar-refractivity contribution in [2.24, 2.45) is 5.73 Å². The molecular formula is C12H26INS. The number of thiol groups is 1. The summed E-state index contributed by atoms with van der Waals surface area (Å²) in [5.74, 6) is 0. The summed E-state index contributed by atoms with van der Waals surface area (Å²) >= 11 is 6.75. The van der Waals surface area contributed by atoms with Gasteiger partial charge in [-0.3, -0.25) is 0 Å². The Morgan fingerprint density at radius 2 is 1.20 bits per heavy atom. The first-order valence-electron chi connectivity index (χ1n) is 6.29. The fourth-order valence-corrected chi connectivity index (χ4v) is 2.32. The Hall–Kier alpha value is 1.04. The van der Waals surface area contributed by atoms with Gasteiger partial charge in [0.1, 0.15) is 0 Å². The normalized spacial score (nSPS) is 13.0. The van der Waals surface area contributed by atoms with Gasteiger partial charge >= 0.3 is 0 Å². The van der Waals surface area contributed by atoms with Crippen molar-refractivity contribution in [3.63, 3.8) is 0 Å². The van der Waals surface area contributed by atoms with Crippen LogP contribution >= 0.6 is 35.2 Å². The highest BCUT2D eigenvalue weighted by Crippen LogP contribution is 2.16. The second-order valence-electron chi connectivity index (χ2n) is 4.19. The predicted octanol–water partition coefficient (Wildman–Crippen LogP) is 4.54. The molecule has 0 aliphatic rings. The maximum atomic E-state index is 5.44. The van der Waals surface area contributed by atoms with Crippen molar-refractivity contribution in [1.82, 2.24) is 0 Å². The van der Waals surface area contributed by atoms with E-state index in [1.54, 1.807) is 0 Å². The quantitative estimate of drug-likeness (QED) is 0.245. The predicted molar refractivity (Wildman–Crippen MR) is 82.0 cm³/mol. The van der Waals surface area contributed by atoms with Crippen molar-refractivity contribution >= 4 is 35.2 Å². The zero-order valence-electron chi connectivity index (χ0n) is 9.76. The molecule has 1 atom stereocenters. The second kappa shape index (κ2) is 13.1. The number of rotatable bonds is 11. The summed E-state index contributed by atoms with van der Waals surface area (Å²) in [4.78, 5) is 0. The van der Waals surface area contributed by atoms with E-state index in [1.807, 2.05) is 0 Å². The zero-order valence-corrected chi connectivity index (χ0v) is 12.8. The summed E-state index contributed by atoms with van der Waals surface area (Å²) < 4.78 is 0.555. The highest BCUT2D eigenvalue weighted by atomic mass is 127. The molecule has 0 spiro atoms. The Morgan fingerprint density at radius 3 is 1.60 bits per heavy atom. The lowest BCUT2D eigenvalue weighted by Crippen LogP contribution is -1.97. The van der Waals surface area contributed by atoms with Gasteiger partial charge in [0.25, 0.3) is 0 Å². The number of hydrogen-bond acceptors (Lipinski definition) is 2. The third kappa shape index (κ3) is 15.0. The van der Waals surface area contributed by atoms with E-state index in [1.165, 1.54) is 64.2 Å². The molecule has 1 nitrogen and oxygen atoms in total. The van der Waals surface area contributed by atoms with E-state index in [4.69, 9.17) is 5.73 Å². The van der Waals surface area contributed by atoms with E-state index < -0.39 is 0 Å². The van der Waals surface area contributed by atoms with E-state index in [-0.39, 0.29) is 0 Å². The molecular weight excluding hydrogens is 317 g/mol. The summed E-state index contributed by atoms with van der Waals surface area (Å²) in [7, 11) is 0. The highest BCUT2D eigenvalue weighted by molar-refractivity contribution is 14.1. The molecule has 0 fully saturated rings. The zero-order chi connectivity index (χ0) is 11.4. The monoisotopic (exact) mass is 343 g/mol. The molecule has 3 heteroatoms. The van der Waals surface area contributed by atoms with Crippen LogP contribution in [0.3, 0.4) is 0 Å². The molecule has 0 heterocycles. The first-order chi connectivity index (χ1) is 7.27. The van der Waals surface area contributed by atoms with Crippen molar-refractivity contribution in [3.05, 3.63) is 0 Å². The Bertz CT molecular complexity index is 120. The average Bonchev–Trinajstić information content (AvgIpc) is 2.20. The first kappa shape index (κ1) is 16.0. The van der Waals surface area contributed by atoms with Crippen LogP contribution in [0.5, 0.6) is 0 Å². The van der Waals surface area contributed by atoms with E-state index >= 15 is 0 Å². The van der Waals surface area contributed by atoms with Crippen molar-refractivity contribution in [2.45, 2.75) is 67.5 Å². The summed E-state index contributed by atoms with van der Waals surface area (Å²) in [5, 5.41) is 0. The summed E-state index contributed by atoms with van der Waals surface area (Å²) in [6.45, 7) is 0.862. The molecule has 0 aromatic carbocycles. The molecule has 0 radical (unpaired) electrons. The largest absolute Gasteiger partial charge is 0.330 e. The average molecular weight is 343 g/mol.